The molecule has 4 aromatic rings. The van der Waals surface area contributed by atoms with Crippen LogP contribution in [-0.2, 0) is 15.8 Å². The first-order valence-corrected chi connectivity index (χ1v) is 19.3. The first-order valence-electron chi connectivity index (χ1n) is 16.6. The molecule has 2 heterocycles. The van der Waals surface area contributed by atoms with Gasteiger partial charge in [-0.15, -0.1) is 0 Å². The van der Waals surface area contributed by atoms with Crippen LogP contribution in [0.4, 0.5) is 0 Å². The van der Waals surface area contributed by atoms with Crippen molar-refractivity contribution in [3.8, 4) is 11.1 Å². The fourth-order valence-corrected chi connectivity index (χ4v) is 12.7. The second-order valence-corrected chi connectivity index (χ2v) is 18.9. The average molecular weight is 702 g/mol. The summed E-state index contributed by atoms with van der Waals surface area (Å²) >= 11 is 13.5. The Morgan fingerprint density at radius 1 is 0.812 bits per heavy atom. The van der Waals surface area contributed by atoms with Crippen molar-refractivity contribution in [1.82, 2.24) is 9.80 Å². The predicted molar refractivity (Wildman–Crippen MR) is 196 cm³/mol. The minimum absolute atomic E-state index is 0.0828. The molecule has 0 radical (unpaired) electrons. The van der Waals surface area contributed by atoms with E-state index in [4.69, 9.17) is 27.6 Å². The van der Waals surface area contributed by atoms with Gasteiger partial charge in [0.2, 0.25) is 5.91 Å². The van der Waals surface area contributed by atoms with Crippen molar-refractivity contribution in [2.75, 3.05) is 19.6 Å². The van der Waals surface area contributed by atoms with Crippen LogP contribution in [-0.4, -0.2) is 66.9 Å². The van der Waals surface area contributed by atoms with Gasteiger partial charge in [0.1, 0.15) is 0 Å². The molecule has 2 aliphatic rings. The van der Waals surface area contributed by atoms with Gasteiger partial charge >= 0.3 is 5.97 Å². The molecule has 48 heavy (non-hydrogen) atoms. The van der Waals surface area contributed by atoms with Gasteiger partial charge in [-0.1, -0.05) is 117 Å². The number of carbonyl (C=O) groups is 2. The van der Waals surface area contributed by atoms with Crippen LogP contribution in [0.25, 0.3) is 11.1 Å². The van der Waals surface area contributed by atoms with Crippen molar-refractivity contribution in [1.29, 1.82) is 0 Å². The number of carboxylic acids is 1. The summed E-state index contributed by atoms with van der Waals surface area (Å²) in [5.41, 5.74) is 2.54. The molecule has 0 aliphatic carbocycles. The number of amides is 1. The molecule has 2 aliphatic heterocycles. The van der Waals surface area contributed by atoms with Gasteiger partial charge < -0.3 is 14.4 Å². The van der Waals surface area contributed by atoms with Gasteiger partial charge in [-0.3, -0.25) is 9.69 Å². The van der Waals surface area contributed by atoms with Crippen LogP contribution in [0.3, 0.4) is 0 Å². The molecule has 2 saturated heterocycles. The normalized spacial score (nSPS) is 18.0. The van der Waals surface area contributed by atoms with E-state index in [9.17, 15) is 14.7 Å². The van der Waals surface area contributed by atoms with E-state index in [-0.39, 0.29) is 28.7 Å². The first kappa shape index (κ1) is 34.4. The number of carboxylic acid groups (broad SMARTS) is 1. The van der Waals surface area contributed by atoms with E-state index in [1.165, 1.54) is 10.4 Å². The van der Waals surface area contributed by atoms with Crippen molar-refractivity contribution in [3.63, 3.8) is 0 Å². The fourth-order valence-electron chi connectivity index (χ4n) is 7.38. The number of aromatic carboxylic acids is 1. The van der Waals surface area contributed by atoms with Gasteiger partial charge in [0.15, 0.2) is 0 Å². The number of likely N-dealkylation sites (tertiary alicyclic amines) is 2. The first-order chi connectivity index (χ1) is 23.0. The number of nitrogens with zero attached hydrogens (tertiary/aromatic N) is 2. The lowest BCUT2D eigenvalue weighted by molar-refractivity contribution is -0.133. The van der Waals surface area contributed by atoms with Crippen LogP contribution in [0.15, 0.2) is 97.1 Å². The van der Waals surface area contributed by atoms with Crippen molar-refractivity contribution in [2.24, 2.45) is 0 Å². The van der Waals surface area contributed by atoms with Gasteiger partial charge in [-0.05, 0) is 70.1 Å². The molecule has 0 saturated carbocycles. The van der Waals surface area contributed by atoms with Crippen molar-refractivity contribution in [2.45, 2.75) is 63.8 Å². The Hall–Kier alpha value is -3.46. The number of hydrogen-bond acceptors (Lipinski definition) is 4. The molecule has 1 atom stereocenters. The molecule has 250 valence electrons. The van der Waals surface area contributed by atoms with Crippen LogP contribution >= 0.6 is 23.2 Å². The Bertz CT molecular complexity index is 1690. The third kappa shape index (κ3) is 6.85. The van der Waals surface area contributed by atoms with E-state index in [2.05, 4.69) is 86.3 Å². The van der Waals surface area contributed by atoms with Gasteiger partial charge in [0.25, 0.3) is 8.32 Å². The van der Waals surface area contributed by atoms with Gasteiger partial charge in [-0.25, -0.2) is 4.79 Å². The standard InChI is InChI=1S/C39H42Cl2N2O4Si/c1-39(2,3)48(31-10-6-4-7-11-31,32-12-8-5-9-13-32)47-30-18-21-42(22-19-30)36-20-23-43(37(36)44)26-33-34(40)24-29(25-35(33)41)27-14-16-28(17-15-27)38(45)46/h4-17,24-25,30,36H,18-23,26H2,1-3H3,(H,45,46). The van der Waals surface area contributed by atoms with E-state index < -0.39 is 14.3 Å². The minimum Gasteiger partial charge on any atom is -0.478 e. The number of piperidine rings is 1. The lowest BCUT2D eigenvalue weighted by atomic mass is 10.0. The van der Waals surface area contributed by atoms with E-state index in [1.54, 1.807) is 24.3 Å². The summed E-state index contributed by atoms with van der Waals surface area (Å²) in [6.07, 6.45) is 2.63. The topological polar surface area (TPSA) is 70.1 Å². The molecule has 9 heteroatoms. The predicted octanol–water partition coefficient (Wildman–Crippen LogP) is 7.50. The lowest BCUT2D eigenvalue weighted by Gasteiger charge is -2.47. The molecule has 4 aromatic carbocycles. The zero-order valence-corrected chi connectivity index (χ0v) is 30.2. The lowest BCUT2D eigenvalue weighted by Crippen LogP contribution is -2.68. The highest BCUT2D eigenvalue weighted by atomic mass is 35.5. The molecule has 0 spiro atoms. The number of halogens is 2. The Labute approximate surface area is 294 Å². The minimum atomic E-state index is -2.64. The summed E-state index contributed by atoms with van der Waals surface area (Å²) < 4.78 is 7.40. The van der Waals surface area contributed by atoms with E-state index >= 15 is 0 Å². The highest BCUT2D eigenvalue weighted by Gasteiger charge is 2.52. The third-order valence-electron chi connectivity index (χ3n) is 9.90. The largest absolute Gasteiger partial charge is 0.478 e. The Morgan fingerprint density at radius 2 is 1.35 bits per heavy atom. The van der Waals surface area contributed by atoms with Crippen LogP contribution in [0.5, 0.6) is 0 Å². The molecular formula is C39H42Cl2N2O4Si. The van der Waals surface area contributed by atoms with E-state index in [0.717, 1.165) is 49.0 Å². The maximum absolute atomic E-state index is 13.7. The average Bonchev–Trinajstić information content (AvgIpc) is 3.45. The van der Waals surface area contributed by atoms with Crippen LogP contribution < -0.4 is 10.4 Å². The monoisotopic (exact) mass is 700 g/mol. The number of benzene rings is 4. The summed E-state index contributed by atoms with van der Waals surface area (Å²) in [7, 11) is -2.64. The second kappa shape index (κ2) is 14.2. The summed E-state index contributed by atoms with van der Waals surface area (Å²) in [4.78, 5) is 29.2. The Morgan fingerprint density at radius 3 is 1.85 bits per heavy atom. The van der Waals surface area contributed by atoms with Gasteiger partial charge in [-0.2, -0.15) is 0 Å². The zero-order chi connectivity index (χ0) is 34.1. The van der Waals surface area contributed by atoms with Crippen LogP contribution in [0, 0.1) is 0 Å². The number of rotatable bonds is 9. The van der Waals surface area contributed by atoms with Crippen LogP contribution in [0.2, 0.25) is 15.1 Å². The molecule has 2 fully saturated rings. The molecule has 6 nitrogen and oxygen atoms in total. The summed E-state index contributed by atoms with van der Waals surface area (Å²) in [6.45, 7) is 9.54. The van der Waals surface area contributed by atoms with Crippen molar-refractivity contribution in [3.05, 3.63) is 118 Å². The third-order valence-corrected chi connectivity index (χ3v) is 15.7. The van der Waals surface area contributed by atoms with Crippen molar-refractivity contribution < 1.29 is 19.1 Å². The number of hydrogen-bond donors (Lipinski definition) is 1. The summed E-state index contributed by atoms with van der Waals surface area (Å²) in [6, 6.07) is 31.6. The maximum Gasteiger partial charge on any atom is 0.335 e. The Balaban J connectivity index is 1.12. The zero-order valence-electron chi connectivity index (χ0n) is 27.7. The second-order valence-electron chi connectivity index (χ2n) is 13.9. The Kier molecular flexibility index (Phi) is 10.2. The van der Waals surface area contributed by atoms with Gasteiger partial charge in [0.05, 0.1) is 11.6 Å². The molecule has 0 aromatic heterocycles. The summed E-state index contributed by atoms with van der Waals surface area (Å²) in [5.74, 6) is -0.864. The summed E-state index contributed by atoms with van der Waals surface area (Å²) in [5, 5.41) is 12.7. The van der Waals surface area contributed by atoms with Crippen LogP contribution in [0.1, 0.15) is 56.0 Å². The molecule has 0 bridgehead atoms. The molecule has 6 rings (SSSR count). The molecule has 1 N–H and O–H groups in total. The molecular weight excluding hydrogens is 659 g/mol. The van der Waals surface area contributed by atoms with Gasteiger partial charge in [0, 0.05) is 47.9 Å². The molecule has 1 amide bonds. The molecule has 1 unspecified atom stereocenters. The van der Waals surface area contributed by atoms with E-state index in [1.807, 2.05) is 17.0 Å². The van der Waals surface area contributed by atoms with Crippen molar-refractivity contribution >= 4 is 53.8 Å². The number of carbonyl (C=O) groups excluding carboxylic acids is 1. The smallest absolute Gasteiger partial charge is 0.335 e. The highest BCUT2D eigenvalue weighted by Crippen LogP contribution is 2.39. The SMILES string of the molecule is CC(C)(C)[Si](OC1CCN(C2CCN(Cc3c(Cl)cc(-c4ccc(C(=O)O)cc4)cc3Cl)C2=O)CC1)(c1ccccc1)c1ccccc1. The quantitative estimate of drug-likeness (QED) is 0.183. The highest BCUT2D eigenvalue weighted by molar-refractivity contribution is 6.99. The maximum atomic E-state index is 13.7. The van der Waals surface area contributed by atoms with E-state index in [0.29, 0.717) is 23.1 Å². The fraction of sp³-hybridized carbons (Fsp3) is 0.333.